The van der Waals surface area contributed by atoms with E-state index in [9.17, 15) is 0 Å². The van der Waals surface area contributed by atoms with E-state index in [1.54, 1.807) is 7.11 Å². The number of hydrogen-bond acceptors (Lipinski definition) is 4. The minimum absolute atomic E-state index is 0.362. The van der Waals surface area contributed by atoms with Gasteiger partial charge < -0.3 is 24.3 Å². The van der Waals surface area contributed by atoms with Crippen LogP contribution in [0.1, 0.15) is 25.7 Å². The van der Waals surface area contributed by atoms with Gasteiger partial charge in [-0.2, -0.15) is 0 Å². The first kappa shape index (κ1) is 20.6. The average molecular weight is 388 g/mol. The fourth-order valence-corrected chi connectivity index (χ4v) is 3.66. The second kappa shape index (κ2) is 11.0. The van der Waals surface area contributed by atoms with E-state index in [1.807, 2.05) is 19.4 Å². The Morgan fingerprint density at radius 2 is 2.04 bits per heavy atom. The van der Waals surface area contributed by atoms with Crippen LogP contribution in [-0.2, 0) is 16.0 Å². The molecule has 28 heavy (non-hydrogen) atoms. The van der Waals surface area contributed by atoms with Gasteiger partial charge in [0.05, 0.1) is 23.5 Å². The van der Waals surface area contributed by atoms with Crippen molar-refractivity contribution in [2.45, 2.75) is 38.3 Å². The van der Waals surface area contributed by atoms with E-state index in [4.69, 9.17) is 9.47 Å². The normalized spacial score (nSPS) is 16.1. The van der Waals surface area contributed by atoms with Gasteiger partial charge >= 0.3 is 0 Å². The number of likely N-dealkylation sites (tertiary alicyclic amines) is 1. The topological polar surface area (TPSA) is 63.9 Å². The van der Waals surface area contributed by atoms with Crippen molar-refractivity contribution >= 4 is 17.0 Å². The van der Waals surface area contributed by atoms with Crippen LogP contribution in [0.15, 0.2) is 35.6 Å². The van der Waals surface area contributed by atoms with Gasteiger partial charge in [-0.05, 0) is 37.8 Å². The highest BCUT2D eigenvalue weighted by Crippen LogP contribution is 2.14. The van der Waals surface area contributed by atoms with Gasteiger partial charge in [-0.15, -0.1) is 0 Å². The third kappa shape index (κ3) is 5.69. The zero-order chi connectivity index (χ0) is 19.6. The van der Waals surface area contributed by atoms with Crippen LogP contribution in [0, 0.1) is 0 Å². The molecule has 1 N–H and O–H groups in total. The monoisotopic (exact) mass is 387 g/mol. The number of para-hydroxylation sites is 2. The van der Waals surface area contributed by atoms with E-state index in [-0.39, 0.29) is 0 Å². The van der Waals surface area contributed by atoms with Crippen molar-refractivity contribution in [2.75, 3.05) is 47.0 Å². The molecule has 3 rings (SSSR count). The predicted molar refractivity (Wildman–Crippen MR) is 113 cm³/mol. The maximum Gasteiger partial charge on any atom is 0.193 e. The predicted octanol–water partition coefficient (Wildman–Crippen LogP) is 2.52. The Balaban J connectivity index is 1.36. The van der Waals surface area contributed by atoms with Gasteiger partial charge in [0.15, 0.2) is 5.96 Å². The molecule has 0 bridgehead atoms. The van der Waals surface area contributed by atoms with Crippen molar-refractivity contribution in [2.24, 2.45) is 4.99 Å². The molecule has 0 spiro atoms. The number of nitrogens with one attached hydrogen (secondary N) is 1. The Hall–Kier alpha value is -2.12. The number of ether oxygens (including phenoxy) is 2. The zero-order valence-electron chi connectivity index (χ0n) is 17.1. The second-order valence-corrected chi connectivity index (χ2v) is 7.16. The molecule has 0 saturated carbocycles. The number of aryl methyl sites for hydroxylation is 1. The molecule has 7 nitrogen and oxygen atoms in total. The highest BCUT2D eigenvalue weighted by atomic mass is 16.5. The van der Waals surface area contributed by atoms with Crippen LogP contribution in [0.3, 0.4) is 0 Å². The van der Waals surface area contributed by atoms with Gasteiger partial charge in [0.2, 0.25) is 0 Å². The lowest BCUT2D eigenvalue weighted by molar-refractivity contribution is 0.00991. The number of aromatic nitrogens is 2. The Labute approximate surface area is 167 Å². The molecule has 0 unspecified atom stereocenters. The van der Waals surface area contributed by atoms with E-state index >= 15 is 0 Å². The van der Waals surface area contributed by atoms with Gasteiger partial charge in [0.25, 0.3) is 0 Å². The van der Waals surface area contributed by atoms with Gasteiger partial charge in [-0.25, -0.2) is 4.98 Å². The maximum absolute atomic E-state index is 5.95. The Bertz CT molecular complexity index is 737. The number of guanidine groups is 1. The number of benzene rings is 1. The van der Waals surface area contributed by atoms with Crippen LogP contribution in [-0.4, -0.2) is 73.5 Å². The fraction of sp³-hybridized carbons (Fsp3) is 0.619. The molecule has 2 aromatic rings. The van der Waals surface area contributed by atoms with E-state index in [0.717, 1.165) is 76.6 Å². The summed E-state index contributed by atoms with van der Waals surface area (Å²) >= 11 is 0. The summed E-state index contributed by atoms with van der Waals surface area (Å²) in [7, 11) is 3.59. The Morgan fingerprint density at radius 3 is 2.82 bits per heavy atom. The second-order valence-electron chi connectivity index (χ2n) is 7.16. The van der Waals surface area contributed by atoms with Crippen LogP contribution in [0.25, 0.3) is 11.0 Å². The molecule has 0 aliphatic carbocycles. The van der Waals surface area contributed by atoms with E-state index in [0.29, 0.717) is 6.10 Å². The van der Waals surface area contributed by atoms with Crippen LogP contribution in [0.2, 0.25) is 0 Å². The van der Waals surface area contributed by atoms with E-state index in [2.05, 4.69) is 43.0 Å². The van der Waals surface area contributed by atoms with E-state index in [1.165, 1.54) is 5.52 Å². The average Bonchev–Trinajstić information content (AvgIpc) is 3.15. The van der Waals surface area contributed by atoms with Crippen molar-refractivity contribution < 1.29 is 9.47 Å². The molecule has 1 aliphatic heterocycles. The van der Waals surface area contributed by atoms with Crippen molar-refractivity contribution in [3.05, 3.63) is 30.6 Å². The maximum atomic E-state index is 5.95. The Kier molecular flexibility index (Phi) is 8.11. The van der Waals surface area contributed by atoms with Crippen molar-refractivity contribution in [3.63, 3.8) is 0 Å². The summed E-state index contributed by atoms with van der Waals surface area (Å²) in [5.74, 6) is 0.994. The molecule has 7 heteroatoms. The standard InChI is InChI=1S/C21H33N5O2/c1-22-21(25-13-9-18(10-14-25)28-16-6-15-27-2)23-11-5-12-26-17-24-19-7-3-4-8-20(19)26/h3-4,7-8,17-18H,5-6,9-16H2,1-2H3,(H,22,23). The third-order valence-electron chi connectivity index (χ3n) is 5.19. The molecule has 0 atom stereocenters. The van der Waals surface area contributed by atoms with Crippen molar-refractivity contribution in [1.82, 2.24) is 19.8 Å². The summed E-state index contributed by atoms with van der Waals surface area (Å²) in [4.78, 5) is 11.3. The molecule has 1 aromatic carbocycles. The fourth-order valence-electron chi connectivity index (χ4n) is 3.66. The number of imidazole rings is 1. The summed E-state index contributed by atoms with van der Waals surface area (Å²) in [6.07, 6.45) is 6.38. The highest BCUT2D eigenvalue weighted by molar-refractivity contribution is 5.80. The summed E-state index contributed by atoms with van der Waals surface area (Å²) in [6, 6.07) is 8.26. The number of fused-ring (bicyclic) bond motifs is 1. The molecule has 1 aromatic heterocycles. The molecule has 0 amide bonds. The molecular formula is C21H33N5O2. The molecule has 1 aliphatic rings. The van der Waals surface area contributed by atoms with Gasteiger partial charge in [0.1, 0.15) is 0 Å². The first-order valence-electron chi connectivity index (χ1n) is 10.3. The van der Waals surface area contributed by atoms with E-state index < -0.39 is 0 Å². The third-order valence-corrected chi connectivity index (χ3v) is 5.19. The van der Waals surface area contributed by atoms with Crippen LogP contribution < -0.4 is 5.32 Å². The first-order valence-corrected chi connectivity index (χ1v) is 10.3. The lowest BCUT2D eigenvalue weighted by atomic mass is 10.1. The largest absolute Gasteiger partial charge is 0.385 e. The lowest BCUT2D eigenvalue weighted by Crippen LogP contribution is -2.47. The molecule has 1 saturated heterocycles. The summed E-state index contributed by atoms with van der Waals surface area (Å²) < 4.78 is 13.2. The van der Waals surface area contributed by atoms with Gasteiger partial charge in [-0.3, -0.25) is 4.99 Å². The van der Waals surface area contributed by atoms with Crippen LogP contribution >= 0.6 is 0 Å². The smallest absolute Gasteiger partial charge is 0.193 e. The summed E-state index contributed by atoms with van der Waals surface area (Å²) in [6.45, 7) is 5.37. The van der Waals surface area contributed by atoms with Crippen LogP contribution in [0.5, 0.6) is 0 Å². The first-order chi connectivity index (χ1) is 13.8. The van der Waals surface area contributed by atoms with Gasteiger partial charge in [0, 0.05) is 53.6 Å². The number of methoxy groups -OCH3 is 1. The Morgan fingerprint density at radius 1 is 1.21 bits per heavy atom. The summed E-state index contributed by atoms with van der Waals surface area (Å²) in [5, 5.41) is 3.51. The number of piperidine rings is 1. The zero-order valence-corrected chi connectivity index (χ0v) is 17.1. The van der Waals surface area contributed by atoms with Crippen molar-refractivity contribution in [3.8, 4) is 0 Å². The molecule has 2 heterocycles. The highest BCUT2D eigenvalue weighted by Gasteiger charge is 2.21. The minimum Gasteiger partial charge on any atom is -0.385 e. The number of aliphatic imine (C=N–C) groups is 1. The number of hydrogen-bond donors (Lipinski definition) is 1. The molecule has 1 fully saturated rings. The number of nitrogens with zero attached hydrogens (tertiary/aromatic N) is 4. The molecule has 154 valence electrons. The molecule has 0 radical (unpaired) electrons. The van der Waals surface area contributed by atoms with Gasteiger partial charge in [-0.1, -0.05) is 12.1 Å². The quantitative estimate of drug-likeness (QED) is 0.407. The molecular weight excluding hydrogens is 354 g/mol. The van der Waals surface area contributed by atoms with Crippen molar-refractivity contribution in [1.29, 1.82) is 0 Å². The lowest BCUT2D eigenvalue weighted by Gasteiger charge is -2.34. The van der Waals surface area contributed by atoms with Crippen LogP contribution in [0.4, 0.5) is 0 Å². The SMILES string of the molecule is CN=C(NCCCn1cnc2ccccc21)N1CCC(OCCCOC)CC1. The number of rotatable bonds is 9. The minimum atomic E-state index is 0.362. The summed E-state index contributed by atoms with van der Waals surface area (Å²) in [5.41, 5.74) is 2.25.